The molecule has 1 aliphatic heterocycles. The fourth-order valence-electron chi connectivity index (χ4n) is 2.12. The molecule has 0 aromatic rings. The van der Waals surface area contributed by atoms with Crippen molar-refractivity contribution >= 4 is 11.9 Å². The highest BCUT2D eigenvalue weighted by molar-refractivity contribution is 6.01. The summed E-state index contributed by atoms with van der Waals surface area (Å²) in [6, 6.07) is -0.858. The molecule has 6 heteroatoms. The van der Waals surface area contributed by atoms with Crippen LogP contribution in [0.15, 0.2) is 0 Å². The first-order valence-electron chi connectivity index (χ1n) is 6.42. The fraction of sp³-hybridized carbons (Fsp3) is 0.833. The molecule has 2 N–H and O–H groups in total. The Labute approximate surface area is 108 Å². The SMILES string of the molecule is CCOC(=O)C(N)C(=O)N1CCN(C)C(CC)C1. The number of hydrogen-bond acceptors (Lipinski definition) is 5. The second-order valence-electron chi connectivity index (χ2n) is 4.56. The van der Waals surface area contributed by atoms with E-state index in [0.29, 0.717) is 19.1 Å². The summed E-state index contributed by atoms with van der Waals surface area (Å²) in [7, 11) is 2.04. The zero-order valence-electron chi connectivity index (χ0n) is 11.4. The first kappa shape index (κ1) is 14.9. The average Bonchev–Trinajstić information content (AvgIpc) is 2.38. The molecule has 0 bridgehead atoms. The van der Waals surface area contributed by atoms with E-state index in [1.165, 1.54) is 0 Å². The van der Waals surface area contributed by atoms with Gasteiger partial charge in [-0.1, -0.05) is 6.92 Å². The van der Waals surface area contributed by atoms with E-state index in [0.717, 1.165) is 13.0 Å². The molecule has 2 unspecified atom stereocenters. The molecule has 0 aliphatic carbocycles. The number of carbonyl (C=O) groups excluding carboxylic acids is 2. The first-order valence-corrected chi connectivity index (χ1v) is 6.42. The van der Waals surface area contributed by atoms with Crippen molar-refractivity contribution in [2.24, 2.45) is 5.73 Å². The van der Waals surface area contributed by atoms with E-state index in [4.69, 9.17) is 10.5 Å². The van der Waals surface area contributed by atoms with E-state index in [1.807, 2.05) is 7.05 Å². The van der Waals surface area contributed by atoms with E-state index in [-0.39, 0.29) is 12.5 Å². The highest BCUT2D eigenvalue weighted by atomic mass is 16.5. The number of hydrogen-bond donors (Lipinski definition) is 1. The van der Waals surface area contributed by atoms with Gasteiger partial charge < -0.3 is 15.4 Å². The Morgan fingerprint density at radius 2 is 2.06 bits per heavy atom. The number of piperazine rings is 1. The van der Waals surface area contributed by atoms with Crippen LogP contribution in [0.1, 0.15) is 20.3 Å². The molecule has 104 valence electrons. The van der Waals surface area contributed by atoms with Crippen molar-refractivity contribution in [2.75, 3.05) is 33.3 Å². The largest absolute Gasteiger partial charge is 0.464 e. The third kappa shape index (κ3) is 3.43. The van der Waals surface area contributed by atoms with Crippen LogP contribution in [-0.2, 0) is 14.3 Å². The normalized spacial score (nSPS) is 22.7. The molecule has 1 saturated heterocycles. The third-order valence-electron chi connectivity index (χ3n) is 3.37. The number of rotatable bonds is 4. The van der Waals surface area contributed by atoms with Crippen molar-refractivity contribution in [1.29, 1.82) is 0 Å². The molecule has 1 aliphatic rings. The van der Waals surface area contributed by atoms with Gasteiger partial charge in [-0.25, -0.2) is 4.79 Å². The minimum atomic E-state index is -1.19. The van der Waals surface area contributed by atoms with Gasteiger partial charge in [-0.15, -0.1) is 0 Å². The van der Waals surface area contributed by atoms with E-state index >= 15 is 0 Å². The summed E-state index contributed by atoms with van der Waals surface area (Å²) in [5.41, 5.74) is 5.62. The monoisotopic (exact) mass is 257 g/mol. The van der Waals surface area contributed by atoms with Crippen molar-refractivity contribution in [2.45, 2.75) is 32.4 Å². The molecular weight excluding hydrogens is 234 g/mol. The van der Waals surface area contributed by atoms with Gasteiger partial charge in [0.25, 0.3) is 5.91 Å². The van der Waals surface area contributed by atoms with Crippen LogP contribution in [0.2, 0.25) is 0 Å². The van der Waals surface area contributed by atoms with Gasteiger partial charge in [-0.2, -0.15) is 0 Å². The van der Waals surface area contributed by atoms with Gasteiger partial charge in [0, 0.05) is 25.7 Å². The Morgan fingerprint density at radius 3 is 2.61 bits per heavy atom. The highest BCUT2D eigenvalue weighted by Crippen LogP contribution is 2.11. The van der Waals surface area contributed by atoms with Crippen molar-refractivity contribution in [3.63, 3.8) is 0 Å². The number of carbonyl (C=O) groups is 2. The van der Waals surface area contributed by atoms with Crippen LogP contribution >= 0.6 is 0 Å². The van der Waals surface area contributed by atoms with Gasteiger partial charge in [0.1, 0.15) is 0 Å². The second-order valence-corrected chi connectivity index (χ2v) is 4.56. The zero-order chi connectivity index (χ0) is 13.7. The molecule has 1 rings (SSSR count). The maximum absolute atomic E-state index is 12.1. The topological polar surface area (TPSA) is 75.9 Å². The van der Waals surface area contributed by atoms with Crippen LogP contribution in [0.3, 0.4) is 0 Å². The van der Waals surface area contributed by atoms with Crippen molar-refractivity contribution in [1.82, 2.24) is 9.80 Å². The van der Waals surface area contributed by atoms with E-state index in [9.17, 15) is 9.59 Å². The molecule has 0 aromatic heterocycles. The fourth-order valence-corrected chi connectivity index (χ4v) is 2.12. The number of ether oxygens (including phenoxy) is 1. The van der Waals surface area contributed by atoms with Gasteiger partial charge in [0.15, 0.2) is 6.04 Å². The molecule has 1 heterocycles. The summed E-state index contributed by atoms with van der Waals surface area (Å²) in [4.78, 5) is 27.4. The van der Waals surface area contributed by atoms with Crippen molar-refractivity contribution in [3.05, 3.63) is 0 Å². The highest BCUT2D eigenvalue weighted by Gasteiger charge is 2.32. The summed E-state index contributed by atoms with van der Waals surface area (Å²) >= 11 is 0. The maximum atomic E-state index is 12.1. The molecule has 0 saturated carbocycles. The quantitative estimate of drug-likeness (QED) is 0.539. The Balaban J connectivity index is 2.59. The van der Waals surface area contributed by atoms with Gasteiger partial charge >= 0.3 is 5.97 Å². The van der Waals surface area contributed by atoms with Crippen molar-refractivity contribution < 1.29 is 14.3 Å². The van der Waals surface area contributed by atoms with Crippen molar-refractivity contribution in [3.8, 4) is 0 Å². The predicted molar refractivity (Wildman–Crippen MR) is 67.9 cm³/mol. The predicted octanol–water partition coefficient (Wildman–Crippen LogP) is -0.571. The molecule has 18 heavy (non-hydrogen) atoms. The lowest BCUT2D eigenvalue weighted by Gasteiger charge is -2.39. The van der Waals surface area contributed by atoms with Gasteiger partial charge in [-0.05, 0) is 20.4 Å². The lowest BCUT2D eigenvalue weighted by Crippen LogP contribution is -2.58. The molecule has 0 radical (unpaired) electrons. The molecule has 0 spiro atoms. The number of nitrogens with two attached hydrogens (primary N) is 1. The number of likely N-dealkylation sites (N-methyl/N-ethyl adjacent to an activating group) is 1. The molecule has 6 nitrogen and oxygen atoms in total. The van der Waals surface area contributed by atoms with Crippen LogP contribution < -0.4 is 5.73 Å². The molecule has 1 amide bonds. The first-order chi connectivity index (χ1) is 8.51. The van der Waals surface area contributed by atoms with Crippen LogP contribution in [0.4, 0.5) is 0 Å². The summed E-state index contributed by atoms with van der Waals surface area (Å²) < 4.78 is 4.77. The number of esters is 1. The number of amides is 1. The van der Waals surface area contributed by atoms with Crippen LogP contribution in [0, 0.1) is 0 Å². The lowest BCUT2D eigenvalue weighted by molar-refractivity contribution is -0.151. The van der Waals surface area contributed by atoms with E-state index < -0.39 is 12.0 Å². The Bertz CT molecular complexity index is 309. The summed E-state index contributed by atoms with van der Waals surface area (Å²) in [6.45, 7) is 6.05. The van der Waals surface area contributed by atoms with Gasteiger partial charge in [0.2, 0.25) is 0 Å². The molecular formula is C12H23N3O3. The summed E-state index contributed by atoms with van der Waals surface area (Å²) in [6.07, 6.45) is 0.967. The Morgan fingerprint density at radius 1 is 1.39 bits per heavy atom. The third-order valence-corrected chi connectivity index (χ3v) is 3.37. The van der Waals surface area contributed by atoms with Crippen LogP contribution in [-0.4, -0.2) is 67.0 Å². The van der Waals surface area contributed by atoms with E-state index in [1.54, 1.807) is 11.8 Å². The van der Waals surface area contributed by atoms with Gasteiger partial charge in [-0.3, -0.25) is 9.69 Å². The van der Waals surface area contributed by atoms with E-state index in [2.05, 4.69) is 11.8 Å². The smallest absolute Gasteiger partial charge is 0.332 e. The van der Waals surface area contributed by atoms with Crippen LogP contribution in [0.25, 0.3) is 0 Å². The second kappa shape index (κ2) is 6.70. The Kier molecular flexibility index (Phi) is 5.55. The average molecular weight is 257 g/mol. The van der Waals surface area contributed by atoms with Crippen LogP contribution in [0.5, 0.6) is 0 Å². The summed E-state index contributed by atoms with van der Waals surface area (Å²) in [5, 5.41) is 0. The zero-order valence-corrected chi connectivity index (χ0v) is 11.4. The maximum Gasteiger partial charge on any atom is 0.332 e. The Hall–Kier alpha value is -1.14. The molecule has 0 aromatic carbocycles. The summed E-state index contributed by atoms with van der Waals surface area (Å²) in [5.74, 6) is -0.977. The number of nitrogens with zero attached hydrogens (tertiary/aromatic N) is 2. The molecule has 1 fully saturated rings. The van der Waals surface area contributed by atoms with Gasteiger partial charge in [0.05, 0.1) is 6.61 Å². The standard InChI is InChI=1S/C12H23N3O3/c1-4-9-8-15(7-6-14(9)3)11(16)10(13)12(17)18-5-2/h9-10H,4-8,13H2,1-3H3. The minimum Gasteiger partial charge on any atom is -0.464 e. The minimum absolute atomic E-state index is 0.236. The molecule has 2 atom stereocenters. The lowest BCUT2D eigenvalue weighted by atomic mass is 10.1.